The lowest BCUT2D eigenvalue weighted by Gasteiger charge is -2.36. The van der Waals surface area contributed by atoms with Crippen molar-refractivity contribution in [1.82, 2.24) is 9.88 Å². The molecule has 5 nitrogen and oxygen atoms in total. The van der Waals surface area contributed by atoms with Gasteiger partial charge in [0, 0.05) is 32.4 Å². The second-order valence-electron chi connectivity index (χ2n) is 6.16. The number of hydrogen-bond donors (Lipinski definition) is 0. The standard InChI is InChI=1S/C18H27N3O2/c1-3-4-5-8-16(15(2)22)18(23)21-13-11-20(12-14-21)17-9-6-7-10-19-17/h6-7,9-10,16H,3-5,8,11-14H2,1-2H3. The van der Waals surface area contributed by atoms with Crippen LogP contribution >= 0.6 is 0 Å². The quantitative estimate of drug-likeness (QED) is 0.573. The highest BCUT2D eigenvalue weighted by molar-refractivity contribution is 6.00. The summed E-state index contributed by atoms with van der Waals surface area (Å²) in [6.07, 6.45) is 5.58. The maximum atomic E-state index is 12.6. The predicted molar refractivity (Wildman–Crippen MR) is 91.3 cm³/mol. The molecule has 0 saturated carbocycles. The van der Waals surface area contributed by atoms with Crippen molar-refractivity contribution in [3.63, 3.8) is 0 Å². The van der Waals surface area contributed by atoms with Crippen LogP contribution in [0.2, 0.25) is 0 Å². The molecule has 1 unspecified atom stereocenters. The summed E-state index contributed by atoms with van der Waals surface area (Å²) in [7, 11) is 0. The number of aromatic nitrogens is 1. The zero-order chi connectivity index (χ0) is 16.7. The van der Waals surface area contributed by atoms with Crippen molar-refractivity contribution < 1.29 is 9.59 Å². The van der Waals surface area contributed by atoms with Gasteiger partial charge in [0.05, 0.1) is 5.92 Å². The molecule has 23 heavy (non-hydrogen) atoms. The summed E-state index contributed by atoms with van der Waals surface area (Å²) >= 11 is 0. The molecule has 1 aromatic rings. The molecule has 2 rings (SSSR count). The molecule has 0 aromatic carbocycles. The highest BCUT2D eigenvalue weighted by Crippen LogP contribution is 2.18. The van der Waals surface area contributed by atoms with Gasteiger partial charge in [-0.05, 0) is 25.5 Å². The van der Waals surface area contributed by atoms with Gasteiger partial charge < -0.3 is 9.80 Å². The van der Waals surface area contributed by atoms with Gasteiger partial charge in [0.2, 0.25) is 5.91 Å². The number of ketones is 1. The van der Waals surface area contributed by atoms with Crippen LogP contribution in [0.3, 0.4) is 0 Å². The number of Topliss-reactive ketones (excluding diaryl/α,β-unsaturated/α-hetero) is 1. The van der Waals surface area contributed by atoms with E-state index in [4.69, 9.17) is 0 Å². The fraction of sp³-hybridized carbons (Fsp3) is 0.611. The third kappa shape index (κ3) is 4.78. The van der Waals surface area contributed by atoms with Crippen molar-refractivity contribution in [2.45, 2.75) is 39.5 Å². The lowest BCUT2D eigenvalue weighted by molar-refractivity contribution is -0.141. The van der Waals surface area contributed by atoms with E-state index >= 15 is 0 Å². The van der Waals surface area contributed by atoms with Crippen molar-refractivity contribution in [1.29, 1.82) is 0 Å². The van der Waals surface area contributed by atoms with Gasteiger partial charge in [-0.3, -0.25) is 9.59 Å². The van der Waals surface area contributed by atoms with Gasteiger partial charge in [-0.1, -0.05) is 32.3 Å². The van der Waals surface area contributed by atoms with E-state index < -0.39 is 5.92 Å². The molecule has 2 heterocycles. The molecule has 0 aliphatic carbocycles. The Bertz CT molecular complexity index is 510. The molecule has 1 amide bonds. The Hall–Kier alpha value is -1.91. The van der Waals surface area contributed by atoms with Crippen LogP contribution in [0.15, 0.2) is 24.4 Å². The third-order valence-electron chi connectivity index (χ3n) is 4.45. The van der Waals surface area contributed by atoms with E-state index in [0.29, 0.717) is 19.5 Å². The highest BCUT2D eigenvalue weighted by Gasteiger charge is 2.30. The van der Waals surface area contributed by atoms with E-state index in [0.717, 1.165) is 38.2 Å². The molecule has 1 aliphatic rings. The maximum Gasteiger partial charge on any atom is 0.233 e. The van der Waals surface area contributed by atoms with Crippen LogP contribution < -0.4 is 4.90 Å². The topological polar surface area (TPSA) is 53.5 Å². The van der Waals surface area contributed by atoms with Crippen LogP contribution in [0.4, 0.5) is 5.82 Å². The number of pyridine rings is 1. The molecular weight excluding hydrogens is 290 g/mol. The van der Waals surface area contributed by atoms with Crippen molar-refractivity contribution >= 4 is 17.5 Å². The minimum atomic E-state index is -0.456. The highest BCUT2D eigenvalue weighted by atomic mass is 16.2. The van der Waals surface area contributed by atoms with E-state index in [1.165, 1.54) is 0 Å². The molecule has 0 bridgehead atoms. The number of unbranched alkanes of at least 4 members (excludes halogenated alkanes) is 2. The average molecular weight is 317 g/mol. The smallest absolute Gasteiger partial charge is 0.233 e. The van der Waals surface area contributed by atoms with Gasteiger partial charge in [-0.25, -0.2) is 4.98 Å². The Kier molecular flexibility index (Phi) is 6.56. The van der Waals surface area contributed by atoms with Crippen molar-refractivity contribution in [3.05, 3.63) is 24.4 Å². The van der Waals surface area contributed by atoms with Gasteiger partial charge in [-0.15, -0.1) is 0 Å². The molecule has 1 fully saturated rings. The third-order valence-corrected chi connectivity index (χ3v) is 4.45. The summed E-state index contributed by atoms with van der Waals surface area (Å²) < 4.78 is 0. The second-order valence-corrected chi connectivity index (χ2v) is 6.16. The monoisotopic (exact) mass is 317 g/mol. The molecule has 5 heteroatoms. The van der Waals surface area contributed by atoms with Crippen LogP contribution in [0.5, 0.6) is 0 Å². The van der Waals surface area contributed by atoms with Crippen molar-refractivity contribution in [2.75, 3.05) is 31.1 Å². The maximum absolute atomic E-state index is 12.6. The summed E-state index contributed by atoms with van der Waals surface area (Å²) in [5.41, 5.74) is 0. The van der Waals surface area contributed by atoms with Gasteiger partial charge in [0.25, 0.3) is 0 Å². The summed E-state index contributed by atoms with van der Waals surface area (Å²) in [5, 5.41) is 0. The zero-order valence-corrected chi connectivity index (χ0v) is 14.2. The normalized spacial score (nSPS) is 16.3. The summed E-state index contributed by atoms with van der Waals surface area (Å²) in [4.78, 5) is 32.9. The number of rotatable bonds is 7. The average Bonchev–Trinajstić information content (AvgIpc) is 2.59. The number of piperazine rings is 1. The van der Waals surface area contributed by atoms with E-state index in [9.17, 15) is 9.59 Å². The largest absolute Gasteiger partial charge is 0.353 e. The first-order valence-corrected chi connectivity index (χ1v) is 8.58. The minimum Gasteiger partial charge on any atom is -0.353 e. The minimum absolute atomic E-state index is 0.00161. The van der Waals surface area contributed by atoms with Crippen LogP contribution in [0.25, 0.3) is 0 Å². The molecular formula is C18H27N3O2. The van der Waals surface area contributed by atoms with Crippen LogP contribution in [-0.4, -0.2) is 47.8 Å². The molecule has 0 radical (unpaired) electrons. The first kappa shape index (κ1) is 17.4. The van der Waals surface area contributed by atoms with Gasteiger partial charge >= 0.3 is 0 Å². The fourth-order valence-corrected chi connectivity index (χ4v) is 3.02. The zero-order valence-electron chi connectivity index (χ0n) is 14.2. The number of hydrogen-bond acceptors (Lipinski definition) is 4. The second kappa shape index (κ2) is 8.65. The first-order chi connectivity index (χ1) is 11.1. The molecule has 1 aliphatic heterocycles. The number of carbonyl (C=O) groups excluding carboxylic acids is 2. The van der Waals surface area contributed by atoms with Gasteiger partial charge in [0.15, 0.2) is 0 Å². The Morgan fingerprint density at radius 2 is 1.91 bits per heavy atom. The Labute approximate surface area is 138 Å². The lowest BCUT2D eigenvalue weighted by Crippen LogP contribution is -2.51. The number of anilines is 1. The van der Waals surface area contributed by atoms with E-state index in [2.05, 4.69) is 16.8 Å². The lowest BCUT2D eigenvalue weighted by atomic mass is 9.95. The SMILES string of the molecule is CCCCCC(C(C)=O)C(=O)N1CCN(c2ccccn2)CC1. The number of amides is 1. The van der Waals surface area contributed by atoms with Crippen LogP contribution in [0, 0.1) is 5.92 Å². The van der Waals surface area contributed by atoms with Crippen LogP contribution in [-0.2, 0) is 9.59 Å². The van der Waals surface area contributed by atoms with E-state index in [1.54, 1.807) is 13.1 Å². The Morgan fingerprint density at radius 3 is 2.48 bits per heavy atom. The molecule has 1 aromatic heterocycles. The molecule has 1 saturated heterocycles. The fourth-order valence-electron chi connectivity index (χ4n) is 3.02. The summed E-state index contributed by atoms with van der Waals surface area (Å²) in [6.45, 7) is 6.52. The van der Waals surface area contributed by atoms with Crippen molar-refractivity contribution in [3.8, 4) is 0 Å². The Morgan fingerprint density at radius 1 is 1.17 bits per heavy atom. The molecule has 126 valence electrons. The molecule has 0 N–H and O–H groups in total. The van der Waals surface area contributed by atoms with Crippen LogP contribution in [0.1, 0.15) is 39.5 Å². The van der Waals surface area contributed by atoms with Gasteiger partial charge in [0.1, 0.15) is 11.6 Å². The summed E-state index contributed by atoms with van der Waals surface area (Å²) in [5.74, 6) is 0.501. The molecule has 1 atom stereocenters. The summed E-state index contributed by atoms with van der Waals surface area (Å²) in [6, 6.07) is 5.86. The van der Waals surface area contributed by atoms with Crippen molar-refractivity contribution in [2.24, 2.45) is 5.92 Å². The molecule has 0 spiro atoms. The first-order valence-electron chi connectivity index (χ1n) is 8.58. The Balaban J connectivity index is 1.89. The predicted octanol–water partition coefficient (Wildman–Crippen LogP) is 2.52. The van der Waals surface area contributed by atoms with E-state index in [-0.39, 0.29) is 11.7 Å². The van der Waals surface area contributed by atoms with Gasteiger partial charge in [-0.2, -0.15) is 0 Å². The van der Waals surface area contributed by atoms with E-state index in [1.807, 2.05) is 23.1 Å². The number of carbonyl (C=O) groups is 2. The number of nitrogens with zero attached hydrogens (tertiary/aromatic N) is 3.